The summed E-state index contributed by atoms with van der Waals surface area (Å²) in [4.78, 5) is 10.7. The summed E-state index contributed by atoms with van der Waals surface area (Å²) in [5.41, 5.74) is 0.300. The molecule has 0 heterocycles. The van der Waals surface area contributed by atoms with Crippen LogP contribution in [0.1, 0.15) is 15.9 Å². The van der Waals surface area contributed by atoms with Gasteiger partial charge in [-0.1, -0.05) is 36.1 Å². The van der Waals surface area contributed by atoms with Crippen LogP contribution < -0.4 is 9.83 Å². The summed E-state index contributed by atoms with van der Waals surface area (Å²) < 4.78 is 26.0. The van der Waals surface area contributed by atoms with Crippen LogP contribution >= 0.6 is 0 Å². The Labute approximate surface area is 127 Å². The van der Waals surface area contributed by atoms with Crippen LogP contribution in [0.4, 0.5) is 5.69 Å². The highest BCUT2D eigenvalue weighted by molar-refractivity contribution is 7.95. The van der Waals surface area contributed by atoms with Crippen molar-refractivity contribution in [3.63, 3.8) is 0 Å². The third-order valence-corrected chi connectivity index (χ3v) is 3.73. The van der Waals surface area contributed by atoms with Gasteiger partial charge >= 0.3 is 5.97 Å². The maximum Gasteiger partial charge on any atom is 0.335 e. The molecule has 0 unspecified atom stereocenters. The van der Waals surface area contributed by atoms with E-state index in [0.717, 1.165) is 17.5 Å². The van der Waals surface area contributed by atoms with Gasteiger partial charge in [-0.3, -0.25) is 4.72 Å². The summed E-state index contributed by atoms with van der Waals surface area (Å²) in [5.74, 6) is -2.12. The zero-order chi connectivity index (χ0) is 16.2. The second kappa shape index (κ2) is 6.31. The van der Waals surface area contributed by atoms with E-state index in [9.17, 15) is 18.3 Å². The first-order valence-corrected chi connectivity index (χ1v) is 7.72. The normalized spacial score (nSPS) is 11.5. The quantitative estimate of drug-likeness (QED) is 0.875. The fourth-order valence-electron chi connectivity index (χ4n) is 1.69. The van der Waals surface area contributed by atoms with Crippen molar-refractivity contribution >= 4 is 27.8 Å². The minimum Gasteiger partial charge on any atom is -0.872 e. The topological polar surface area (TPSA) is 107 Å². The van der Waals surface area contributed by atoms with Crippen LogP contribution in [0, 0.1) is 0 Å². The Morgan fingerprint density at radius 2 is 1.82 bits per heavy atom. The molecule has 22 heavy (non-hydrogen) atoms. The zero-order valence-corrected chi connectivity index (χ0v) is 12.1. The van der Waals surface area contributed by atoms with Crippen molar-refractivity contribution in [1.82, 2.24) is 0 Å². The van der Waals surface area contributed by atoms with Gasteiger partial charge in [-0.25, -0.2) is 13.2 Å². The summed E-state index contributed by atoms with van der Waals surface area (Å²) in [6.45, 7) is 0. The lowest BCUT2D eigenvalue weighted by Gasteiger charge is -2.12. The third kappa shape index (κ3) is 4.10. The zero-order valence-electron chi connectivity index (χ0n) is 11.3. The fraction of sp³-hybridized carbons (Fsp3) is 0. The van der Waals surface area contributed by atoms with Gasteiger partial charge in [-0.2, -0.15) is 0 Å². The van der Waals surface area contributed by atoms with Crippen molar-refractivity contribution in [2.24, 2.45) is 0 Å². The molecule has 6 nitrogen and oxygen atoms in total. The maximum atomic E-state index is 11.9. The predicted octanol–water partition coefficient (Wildman–Crippen LogP) is 1.87. The molecule has 0 amide bonds. The van der Waals surface area contributed by atoms with E-state index >= 15 is 0 Å². The maximum absolute atomic E-state index is 11.9. The van der Waals surface area contributed by atoms with Crippen LogP contribution in [0.25, 0.3) is 6.08 Å². The van der Waals surface area contributed by atoms with Crippen LogP contribution in [0.2, 0.25) is 0 Å². The molecule has 114 valence electrons. The number of hydrogen-bond acceptors (Lipinski definition) is 4. The van der Waals surface area contributed by atoms with Crippen molar-refractivity contribution in [2.45, 2.75) is 0 Å². The molecule has 0 aromatic heterocycles. The molecule has 0 saturated heterocycles. The monoisotopic (exact) mass is 318 g/mol. The minimum absolute atomic E-state index is 0.00714. The molecule has 2 aromatic rings. The van der Waals surface area contributed by atoms with E-state index in [1.165, 1.54) is 12.1 Å². The van der Waals surface area contributed by atoms with Crippen LogP contribution in [-0.4, -0.2) is 19.5 Å². The predicted molar refractivity (Wildman–Crippen MR) is 80.9 cm³/mol. The molecular formula is C15H12NO5S-. The summed E-state index contributed by atoms with van der Waals surface area (Å²) in [7, 11) is -3.80. The number of anilines is 1. The molecule has 0 aliphatic heterocycles. The van der Waals surface area contributed by atoms with E-state index in [4.69, 9.17) is 5.11 Å². The van der Waals surface area contributed by atoms with Crippen molar-refractivity contribution in [1.29, 1.82) is 0 Å². The first-order valence-electron chi connectivity index (χ1n) is 6.18. The number of carboxylic acids is 1. The molecule has 7 heteroatoms. The van der Waals surface area contributed by atoms with Gasteiger partial charge < -0.3 is 10.2 Å². The fourth-order valence-corrected chi connectivity index (χ4v) is 2.55. The van der Waals surface area contributed by atoms with Crippen LogP contribution in [-0.2, 0) is 10.0 Å². The molecule has 0 atom stereocenters. The average molecular weight is 318 g/mol. The Hall–Kier alpha value is -2.80. The Morgan fingerprint density at radius 3 is 2.41 bits per heavy atom. The number of nitrogens with one attached hydrogen (secondary N) is 1. The first kappa shape index (κ1) is 15.6. The summed E-state index contributed by atoms with van der Waals surface area (Å²) >= 11 is 0. The van der Waals surface area contributed by atoms with Crippen molar-refractivity contribution < 1.29 is 23.4 Å². The Morgan fingerprint density at radius 1 is 1.14 bits per heavy atom. The average Bonchev–Trinajstić information content (AvgIpc) is 2.45. The molecular weight excluding hydrogens is 306 g/mol. The van der Waals surface area contributed by atoms with E-state index < -0.39 is 27.3 Å². The molecule has 0 radical (unpaired) electrons. The first-order chi connectivity index (χ1) is 10.4. The van der Waals surface area contributed by atoms with Crippen molar-refractivity contribution in [2.75, 3.05) is 4.72 Å². The highest BCUT2D eigenvalue weighted by Gasteiger charge is 2.08. The lowest BCUT2D eigenvalue weighted by atomic mass is 10.2. The van der Waals surface area contributed by atoms with E-state index in [2.05, 4.69) is 4.72 Å². The number of hydrogen-bond donors (Lipinski definition) is 2. The van der Waals surface area contributed by atoms with E-state index in [1.54, 1.807) is 24.3 Å². The molecule has 2 aromatic carbocycles. The molecule has 0 spiro atoms. The van der Waals surface area contributed by atoms with E-state index in [1.807, 2.05) is 6.07 Å². The summed E-state index contributed by atoms with van der Waals surface area (Å²) in [5, 5.41) is 21.2. The number of rotatable bonds is 5. The van der Waals surface area contributed by atoms with Gasteiger partial charge in [-0.15, -0.1) is 0 Å². The molecule has 0 fully saturated rings. The van der Waals surface area contributed by atoms with Crippen LogP contribution in [0.5, 0.6) is 5.75 Å². The molecule has 0 bridgehead atoms. The van der Waals surface area contributed by atoms with Gasteiger partial charge in [0, 0.05) is 5.69 Å². The number of carbonyl (C=O) groups is 1. The second-order valence-electron chi connectivity index (χ2n) is 4.38. The highest BCUT2D eigenvalue weighted by Crippen LogP contribution is 2.20. The van der Waals surface area contributed by atoms with Crippen molar-refractivity contribution in [3.8, 4) is 5.75 Å². The number of sulfonamides is 1. The van der Waals surface area contributed by atoms with Gasteiger partial charge in [0.15, 0.2) is 0 Å². The van der Waals surface area contributed by atoms with Crippen LogP contribution in [0.3, 0.4) is 0 Å². The molecule has 0 saturated carbocycles. The smallest absolute Gasteiger partial charge is 0.335 e. The largest absolute Gasteiger partial charge is 0.872 e. The van der Waals surface area contributed by atoms with Gasteiger partial charge in [0.05, 0.1) is 11.0 Å². The van der Waals surface area contributed by atoms with Crippen molar-refractivity contribution in [3.05, 3.63) is 65.1 Å². The number of aromatic carboxylic acids is 1. The lowest BCUT2D eigenvalue weighted by Crippen LogP contribution is -2.10. The van der Waals surface area contributed by atoms with Gasteiger partial charge in [0.25, 0.3) is 10.0 Å². The third-order valence-electron chi connectivity index (χ3n) is 2.71. The number of benzene rings is 2. The SMILES string of the molecule is O=C(O)c1ccc(NS(=O)(=O)C=Cc2ccccc2)cc1[O-]. The standard InChI is InChI=1S/C15H13NO5S/c17-14-10-12(6-7-13(14)15(18)19)16-22(20,21)9-8-11-4-2-1-3-5-11/h1-10,16-17H,(H,18,19)/p-1. The Balaban J connectivity index is 2.17. The molecule has 0 aliphatic rings. The second-order valence-corrected chi connectivity index (χ2v) is 5.94. The molecule has 0 aliphatic carbocycles. The minimum atomic E-state index is -3.80. The van der Waals surface area contributed by atoms with Crippen LogP contribution in [0.15, 0.2) is 53.9 Å². The summed E-state index contributed by atoms with van der Waals surface area (Å²) in [6.07, 6.45) is 1.41. The van der Waals surface area contributed by atoms with Gasteiger partial charge in [0.2, 0.25) is 0 Å². The number of carboxylic acid groups (broad SMARTS) is 1. The Bertz CT molecular complexity index is 813. The molecule has 2 rings (SSSR count). The lowest BCUT2D eigenvalue weighted by molar-refractivity contribution is -0.268. The van der Waals surface area contributed by atoms with Gasteiger partial charge in [-0.05, 0) is 29.8 Å². The highest BCUT2D eigenvalue weighted by atomic mass is 32.2. The van der Waals surface area contributed by atoms with E-state index in [0.29, 0.717) is 5.56 Å². The summed E-state index contributed by atoms with van der Waals surface area (Å²) in [6, 6.07) is 12.0. The van der Waals surface area contributed by atoms with E-state index in [-0.39, 0.29) is 5.69 Å². The Kier molecular flexibility index (Phi) is 4.47. The molecule has 2 N–H and O–H groups in total. The van der Waals surface area contributed by atoms with Gasteiger partial charge in [0.1, 0.15) is 0 Å².